The van der Waals surface area contributed by atoms with Crippen LogP contribution in [0.15, 0.2) is 59.5 Å². The number of hydrogen-bond acceptors (Lipinski definition) is 6. The smallest absolute Gasteiger partial charge is 0.263 e. The summed E-state index contributed by atoms with van der Waals surface area (Å²) >= 11 is 0. The summed E-state index contributed by atoms with van der Waals surface area (Å²) in [4.78, 5) is 20.6. The molecule has 2 N–H and O–H groups in total. The number of sulfonamides is 1. The highest BCUT2D eigenvalue weighted by Crippen LogP contribution is 2.18. The number of nitrogens with one attached hydrogen (secondary N) is 2. The second kappa shape index (κ2) is 10.2. The molecule has 3 aromatic rings. The molecule has 32 heavy (non-hydrogen) atoms. The van der Waals surface area contributed by atoms with Crippen LogP contribution in [0.1, 0.15) is 30.4 Å². The van der Waals surface area contributed by atoms with Gasteiger partial charge in [0.05, 0.1) is 11.5 Å². The Hall–Kier alpha value is -3.46. The molecule has 0 aliphatic carbocycles. The molecule has 0 aliphatic heterocycles. The Labute approximate surface area is 188 Å². The quantitative estimate of drug-likeness (QED) is 0.508. The molecule has 1 heterocycles. The van der Waals surface area contributed by atoms with Gasteiger partial charge < -0.3 is 10.1 Å². The first kappa shape index (κ1) is 23.2. The summed E-state index contributed by atoms with van der Waals surface area (Å²) in [6.07, 6.45) is 0.897. The molecule has 0 saturated heterocycles. The maximum absolute atomic E-state index is 12.6. The van der Waals surface area contributed by atoms with E-state index in [0.29, 0.717) is 36.7 Å². The Kier molecular flexibility index (Phi) is 7.42. The number of hydrogen-bond donors (Lipinski definition) is 2. The molecule has 0 unspecified atom stereocenters. The molecule has 0 saturated carbocycles. The number of anilines is 2. The summed E-state index contributed by atoms with van der Waals surface area (Å²) in [6.45, 7) is 5.99. The summed E-state index contributed by atoms with van der Waals surface area (Å²) in [5.41, 5.74) is 2.22. The third kappa shape index (κ3) is 6.52. The van der Waals surface area contributed by atoms with E-state index in [9.17, 15) is 13.2 Å². The average Bonchev–Trinajstić information content (AvgIpc) is 2.73. The number of aromatic nitrogens is 2. The highest BCUT2D eigenvalue weighted by molar-refractivity contribution is 7.92. The van der Waals surface area contributed by atoms with Crippen molar-refractivity contribution in [2.45, 2.75) is 38.5 Å². The number of ether oxygens (including phenoxy) is 1. The topological polar surface area (TPSA) is 110 Å². The minimum atomic E-state index is -3.81. The molecule has 3 rings (SSSR count). The van der Waals surface area contributed by atoms with Crippen molar-refractivity contribution < 1.29 is 17.9 Å². The molecule has 2 aromatic carbocycles. The minimum absolute atomic E-state index is 0.0683. The molecule has 0 radical (unpaired) electrons. The Morgan fingerprint density at radius 1 is 1.00 bits per heavy atom. The van der Waals surface area contributed by atoms with Gasteiger partial charge in [-0.2, -0.15) is 0 Å². The third-order valence-electron chi connectivity index (χ3n) is 4.53. The number of benzene rings is 2. The minimum Gasteiger partial charge on any atom is -0.494 e. The van der Waals surface area contributed by atoms with Crippen LogP contribution in [0, 0.1) is 13.8 Å². The van der Waals surface area contributed by atoms with Crippen molar-refractivity contribution in [3.8, 4) is 5.75 Å². The van der Waals surface area contributed by atoms with E-state index in [1.807, 2.05) is 31.2 Å². The van der Waals surface area contributed by atoms with Crippen LogP contribution in [0.25, 0.3) is 0 Å². The van der Waals surface area contributed by atoms with Crippen molar-refractivity contribution in [3.63, 3.8) is 0 Å². The lowest BCUT2D eigenvalue weighted by atomic mass is 10.1. The van der Waals surface area contributed by atoms with Gasteiger partial charge >= 0.3 is 0 Å². The van der Waals surface area contributed by atoms with E-state index in [2.05, 4.69) is 20.0 Å². The van der Waals surface area contributed by atoms with Crippen molar-refractivity contribution in [2.24, 2.45) is 0 Å². The van der Waals surface area contributed by atoms with Crippen LogP contribution in [0.2, 0.25) is 0 Å². The zero-order valence-electron chi connectivity index (χ0n) is 18.3. The van der Waals surface area contributed by atoms with Crippen LogP contribution in [-0.4, -0.2) is 30.9 Å². The van der Waals surface area contributed by atoms with Crippen molar-refractivity contribution in [2.75, 3.05) is 16.6 Å². The Bertz CT molecular complexity index is 1160. The van der Waals surface area contributed by atoms with E-state index >= 15 is 0 Å². The van der Waals surface area contributed by atoms with Gasteiger partial charge in [-0.15, -0.1) is 0 Å². The van der Waals surface area contributed by atoms with Gasteiger partial charge in [0.15, 0.2) is 0 Å². The molecule has 0 fully saturated rings. The third-order valence-corrected chi connectivity index (χ3v) is 5.90. The van der Waals surface area contributed by atoms with Crippen LogP contribution in [-0.2, 0) is 21.2 Å². The largest absolute Gasteiger partial charge is 0.494 e. The standard InChI is InChI=1S/C23H26N4O4S/c1-4-31-20-10-5-18(6-11-20)7-14-23(28)26-19-8-12-21(13-9-19)32(29,30)27-22-15-16(2)24-17(3)25-22/h5-6,8-13,15H,4,7,14H2,1-3H3,(H,26,28)(H,24,25,27). The molecule has 1 amide bonds. The van der Waals surface area contributed by atoms with Gasteiger partial charge in [-0.05, 0) is 69.2 Å². The summed E-state index contributed by atoms with van der Waals surface area (Å²) < 4.78 is 33.1. The van der Waals surface area contributed by atoms with Gasteiger partial charge in [0, 0.05) is 23.9 Å². The fourth-order valence-electron chi connectivity index (χ4n) is 3.08. The second-order valence-corrected chi connectivity index (χ2v) is 8.88. The normalized spacial score (nSPS) is 11.1. The number of amides is 1. The summed E-state index contributed by atoms with van der Waals surface area (Å²) in [6, 6.07) is 15.2. The molecule has 0 bridgehead atoms. The maximum Gasteiger partial charge on any atom is 0.263 e. The van der Waals surface area contributed by atoms with E-state index in [0.717, 1.165) is 11.3 Å². The lowest BCUT2D eigenvalue weighted by molar-refractivity contribution is -0.116. The van der Waals surface area contributed by atoms with Crippen molar-refractivity contribution in [1.29, 1.82) is 0 Å². The Morgan fingerprint density at radius 2 is 1.69 bits per heavy atom. The highest BCUT2D eigenvalue weighted by atomic mass is 32.2. The molecule has 1 aromatic heterocycles. The van der Waals surface area contributed by atoms with E-state index in [-0.39, 0.29) is 16.6 Å². The van der Waals surface area contributed by atoms with E-state index in [1.165, 1.54) is 12.1 Å². The van der Waals surface area contributed by atoms with Gasteiger partial charge in [0.2, 0.25) is 5.91 Å². The Morgan fingerprint density at radius 3 is 2.31 bits per heavy atom. The first-order valence-corrected chi connectivity index (χ1v) is 11.7. The monoisotopic (exact) mass is 454 g/mol. The summed E-state index contributed by atoms with van der Waals surface area (Å²) in [5, 5.41) is 2.79. The second-order valence-electron chi connectivity index (χ2n) is 7.20. The Balaban J connectivity index is 1.56. The highest BCUT2D eigenvalue weighted by Gasteiger charge is 2.16. The molecule has 8 nitrogen and oxygen atoms in total. The van der Waals surface area contributed by atoms with Gasteiger partial charge in [-0.3, -0.25) is 9.52 Å². The van der Waals surface area contributed by atoms with E-state index in [4.69, 9.17) is 4.74 Å². The van der Waals surface area contributed by atoms with Crippen LogP contribution in [0.5, 0.6) is 5.75 Å². The molecule has 0 aliphatic rings. The molecular weight excluding hydrogens is 428 g/mol. The van der Waals surface area contributed by atoms with Crippen LogP contribution < -0.4 is 14.8 Å². The van der Waals surface area contributed by atoms with Crippen LogP contribution >= 0.6 is 0 Å². The van der Waals surface area contributed by atoms with Crippen molar-refractivity contribution in [1.82, 2.24) is 9.97 Å². The van der Waals surface area contributed by atoms with Crippen molar-refractivity contribution >= 4 is 27.4 Å². The fourth-order valence-corrected chi connectivity index (χ4v) is 4.08. The zero-order chi connectivity index (χ0) is 23.1. The number of rotatable bonds is 9. The molecule has 9 heteroatoms. The lowest BCUT2D eigenvalue weighted by Crippen LogP contribution is -2.15. The number of aryl methyl sites for hydroxylation is 3. The van der Waals surface area contributed by atoms with Gasteiger partial charge in [-0.1, -0.05) is 12.1 Å². The molecular formula is C23H26N4O4S. The predicted molar refractivity (Wildman–Crippen MR) is 123 cm³/mol. The lowest BCUT2D eigenvalue weighted by Gasteiger charge is -2.10. The number of nitrogens with zero attached hydrogens (tertiary/aromatic N) is 2. The average molecular weight is 455 g/mol. The molecule has 0 spiro atoms. The zero-order valence-corrected chi connectivity index (χ0v) is 19.1. The van der Waals surface area contributed by atoms with Crippen LogP contribution in [0.3, 0.4) is 0 Å². The van der Waals surface area contributed by atoms with Gasteiger partial charge in [0.25, 0.3) is 10.0 Å². The SMILES string of the molecule is CCOc1ccc(CCC(=O)Nc2ccc(S(=O)(=O)Nc3cc(C)nc(C)n3)cc2)cc1. The molecule has 168 valence electrons. The summed E-state index contributed by atoms with van der Waals surface area (Å²) in [7, 11) is -3.81. The van der Waals surface area contributed by atoms with E-state index in [1.54, 1.807) is 32.0 Å². The van der Waals surface area contributed by atoms with Crippen LogP contribution in [0.4, 0.5) is 11.5 Å². The fraction of sp³-hybridized carbons (Fsp3) is 0.261. The predicted octanol–water partition coefficient (Wildman–Crippen LogP) is 3.86. The maximum atomic E-state index is 12.6. The van der Waals surface area contributed by atoms with Gasteiger partial charge in [0.1, 0.15) is 17.4 Å². The first-order chi connectivity index (χ1) is 15.2. The van der Waals surface area contributed by atoms with Gasteiger partial charge in [-0.25, -0.2) is 18.4 Å². The number of carbonyl (C=O) groups is 1. The number of carbonyl (C=O) groups excluding carboxylic acids is 1. The molecule has 0 atom stereocenters. The van der Waals surface area contributed by atoms with Crippen molar-refractivity contribution in [3.05, 3.63) is 71.7 Å². The first-order valence-electron chi connectivity index (χ1n) is 10.2. The van der Waals surface area contributed by atoms with E-state index < -0.39 is 10.0 Å². The summed E-state index contributed by atoms with van der Waals surface area (Å²) in [5.74, 6) is 1.34.